The quantitative estimate of drug-likeness (QED) is 0.612. The number of nitro benzene ring substituents is 1. The van der Waals surface area contributed by atoms with Gasteiger partial charge in [0, 0.05) is 12.6 Å². The van der Waals surface area contributed by atoms with E-state index in [1.165, 1.54) is 12.8 Å². The molecule has 0 amide bonds. The average Bonchev–Trinajstić information content (AvgIpc) is 3.01. The van der Waals surface area contributed by atoms with E-state index < -0.39 is 0 Å². The van der Waals surface area contributed by atoms with E-state index in [1.807, 2.05) is 13.0 Å². The minimum atomic E-state index is -0.334. The number of benzene rings is 1. The van der Waals surface area contributed by atoms with Crippen molar-refractivity contribution in [1.29, 1.82) is 0 Å². The van der Waals surface area contributed by atoms with E-state index in [1.54, 1.807) is 12.1 Å². The van der Waals surface area contributed by atoms with Gasteiger partial charge in [0.15, 0.2) is 0 Å². The van der Waals surface area contributed by atoms with Crippen molar-refractivity contribution in [1.82, 2.24) is 0 Å². The Morgan fingerprint density at radius 3 is 2.88 bits per heavy atom. The Balaban J connectivity index is 2.03. The van der Waals surface area contributed by atoms with Crippen LogP contribution in [0.15, 0.2) is 18.2 Å². The molecule has 0 heterocycles. The van der Waals surface area contributed by atoms with E-state index in [2.05, 4.69) is 5.32 Å². The van der Waals surface area contributed by atoms with Gasteiger partial charge in [0.1, 0.15) is 5.69 Å². The van der Waals surface area contributed by atoms with Gasteiger partial charge in [0.2, 0.25) is 0 Å². The fourth-order valence-electron chi connectivity index (χ4n) is 1.77. The molecule has 16 heavy (non-hydrogen) atoms. The molecule has 2 rings (SSSR count). The van der Waals surface area contributed by atoms with Gasteiger partial charge in [0.25, 0.3) is 5.69 Å². The zero-order chi connectivity index (χ0) is 11.5. The number of aryl methyl sites for hydroxylation is 1. The van der Waals surface area contributed by atoms with Gasteiger partial charge in [0.05, 0.1) is 4.92 Å². The van der Waals surface area contributed by atoms with Gasteiger partial charge in [-0.1, -0.05) is 18.9 Å². The van der Waals surface area contributed by atoms with Crippen LogP contribution in [-0.2, 0) is 0 Å². The molecule has 0 unspecified atom stereocenters. The highest BCUT2D eigenvalue weighted by Crippen LogP contribution is 2.32. The number of anilines is 1. The number of hydrogen-bond donors (Lipinski definition) is 1. The maximum absolute atomic E-state index is 10.8. The van der Waals surface area contributed by atoms with Crippen LogP contribution in [0, 0.1) is 23.0 Å². The lowest BCUT2D eigenvalue weighted by molar-refractivity contribution is -0.384. The molecule has 0 radical (unpaired) electrons. The fraction of sp³-hybridized carbons (Fsp3) is 0.500. The van der Waals surface area contributed by atoms with Crippen molar-refractivity contribution < 1.29 is 4.92 Å². The summed E-state index contributed by atoms with van der Waals surface area (Å²) in [5, 5.41) is 14.0. The van der Waals surface area contributed by atoms with Crippen molar-refractivity contribution >= 4 is 11.4 Å². The Morgan fingerprint density at radius 2 is 2.25 bits per heavy atom. The third-order valence-electron chi connectivity index (χ3n) is 2.91. The molecule has 1 N–H and O–H groups in total. The van der Waals surface area contributed by atoms with Gasteiger partial charge in [-0.15, -0.1) is 0 Å². The van der Waals surface area contributed by atoms with Crippen LogP contribution >= 0.6 is 0 Å². The van der Waals surface area contributed by atoms with Crippen molar-refractivity contribution in [2.24, 2.45) is 5.92 Å². The lowest BCUT2D eigenvalue weighted by Gasteiger charge is -2.07. The van der Waals surface area contributed by atoms with Crippen LogP contribution in [0.3, 0.4) is 0 Å². The number of rotatable bonds is 5. The molecular formula is C12H16N2O2. The topological polar surface area (TPSA) is 55.2 Å². The highest BCUT2D eigenvalue weighted by molar-refractivity contribution is 5.62. The number of nitrogens with one attached hydrogen (secondary N) is 1. The molecule has 0 atom stereocenters. The molecule has 1 aromatic rings. The summed E-state index contributed by atoms with van der Waals surface area (Å²) in [5.74, 6) is 0.844. The normalized spacial score (nSPS) is 14.8. The fourth-order valence-corrected chi connectivity index (χ4v) is 1.77. The lowest BCUT2D eigenvalue weighted by atomic mass is 10.2. The van der Waals surface area contributed by atoms with Gasteiger partial charge in [-0.3, -0.25) is 10.1 Å². The summed E-state index contributed by atoms with van der Waals surface area (Å²) >= 11 is 0. The Kier molecular flexibility index (Phi) is 3.08. The third kappa shape index (κ3) is 2.72. The van der Waals surface area contributed by atoms with E-state index in [0.29, 0.717) is 5.69 Å². The second-order valence-corrected chi connectivity index (χ2v) is 4.44. The molecule has 1 aliphatic rings. The smallest absolute Gasteiger partial charge is 0.292 e. The first-order valence-electron chi connectivity index (χ1n) is 5.66. The lowest BCUT2D eigenvalue weighted by Crippen LogP contribution is -2.05. The number of nitro groups is 1. The molecule has 0 aliphatic heterocycles. The summed E-state index contributed by atoms with van der Waals surface area (Å²) < 4.78 is 0. The van der Waals surface area contributed by atoms with Gasteiger partial charge >= 0.3 is 0 Å². The molecule has 0 saturated heterocycles. The van der Waals surface area contributed by atoms with Gasteiger partial charge in [-0.25, -0.2) is 0 Å². The standard InChI is InChI=1S/C12H16N2O2/c1-9-2-5-12(14(15)16)11(8-9)13-7-6-10-3-4-10/h2,5,8,10,13H,3-4,6-7H2,1H3. The van der Waals surface area contributed by atoms with Gasteiger partial charge in [-0.05, 0) is 30.9 Å². The van der Waals surface area contributed by atoms with E-state index >= 15 is 0 Å². The summed E-state index contributed by atoms with van der Waals surface area (Å²) in [6.07, 6.45) is 3.75. The summed E-state index contributed by atoms with van der Waals surface area (Å²) in [7, 11) is 0. The molecule has 1 aliphatic carbocycles. The van der Waals surface area contributed by atoms with Crippen molar-refractivity contribution in [3.63, 3.8) is 0 Å². The second-order valence-electron chi connectivity index (χ2n) is 4.44. The Hall–Kier alpha value is -1.58. The minimum absolute atomic E-state index is 0.168. The van der Waals surface area contributed by atoms with Crippen molar-refractivity contribution in [3.05, 3.63) is 33.9 Å². The van der Waals surface area contributed by atoms with Crippen molar-refractivity contribution in [3.8, 4) is 0 Å². The molecule has 1 aromatic carbocycles. The van der Waals surface area contributed by atoms with Crippen molar-refractivity contribution in [2.75, 3.05) is 11.9 Å². The Morgan fingerprint density at radius 1 is 1.50 bits per heavy atom. The van der Waals surface area contributed by atoms with Crippen LogP contribution in [0.25, 0.3) is 0 Å². The first-order chi connectivity index (χ1) is 7.66. The zero-order valence-electron chi connectivity index (χ0n) is 9.40. The minimum Gasteiger partial charge on any atom is -0.379 e. The van der Waals surface area contributed by atoms with Crippen LogP contribution in [0.1, 0.15) is 24.8 Å². The van der Waals surface area contributed by atoms with E-state index in [0.717, 1.165) is 24.4 Å². The Bertz CT molecular complexity index is 400. The molecule has 4 nitrogen and oxygen atoms in total. The first-order valence-corrected chi connectivity index (χ1v) is 5.66. The average molecular weight is 220 g/mol. The largest absolute Gasteiger partial charge is 0.379 e. The second kappa shape index (κ2) is 4.51. The van der Waals surface area contributed by atoms with Gasteiger partial charge in [-0.2, -0.15) is 0 Å². The highest BCUT2D eigenvalue weighted by atomic mass is 16.6. The Labute approximate surface area is 94.8 Å². The van der Waals surface area contributed by atoms with Crippen LogP contribution in [0.5, 0.6) is 0 Å². The monoisotopic (exact) mass is 220 g/mol. The number of hydrogen-bond acceptors (Lipinski definition) is 3. The molecule has 0 bridgehead atoms. The molecular weight excluding hydrogens is 204 g/mol. The van der Waals surface area contributed by atoms with Gasteiger partial charge < -0.3 is 5.32 Å². The van der Waals surface area contributed by atoms with Crippen LogP contribution < -0.4 is 5.32 Å². The third-order valence-corrected chi connectivity index (χ3v) is 2.91. The first kappa shape index (κ1) is 10.9. The molecule has 1 saturated carbocycles. The van der Waals surface area contributed by atoms with E-state index in [9.17, 15) is 10.1 Å². The van der Waals surface area contributed by atoms with Crippen LogP contribution in [0.4, 0.5) is 11.4 Å². The summed E-state index contributed by atoms with van der Waals surface area (Å²) in [5.41, 5.74) is 1.85. The molecule has 0 spiro atoms. The summed E-state index contributed by atoms with van der Waals surface area (Å²) in [6, 6.07) is 5.17. The highest BCUT2D eigenvalue weighted by Gasteiger charge is 2.21. The van der Waals surface area contributed by atoms with Crippen molar-refractivity contribution in [2.45, 2.75) is 26.2 Å². The van der Waals surface area contributed by atoms with Crippen LogP contribution in [0.2, 0.25) is 0 Å². The predicted octanol–water partition coefficient (Wildman–Crippen LogP) is 3.12. The summed E-state index contributed by atoms with van der Waals surface area (Å²) in [4.78, 5) is 10.5. The molecule has 86 valence electrons. The summed E-state index contributed by atoms with van der Waals surface area (Å²) in [6.45, 7) is 2.77. The number of nitrogens with zero attached hydrogens (tertiary/aromatic N) is 1. The SMILES string of the molecule is Cc1ccc([N+](=O)[O-])c(NCCC2CC2)c1. The molecule has 4 heteroatoms. The molecule has 1 fully saturated rings. The van der Waals surface area contributed by atoms with Crippen LogP contribution in [-0.4, -0.2) is 11.5 Å². The maximum atomic E-state index is 10.8. The maximum Gasteiger partial charge on any atom is 0.292 e. The predicted molar refractivity (Wildman–Crippen MR) is 63.7 cm³/mol. The van der Waals surface area contributed by atoms with E-state index in [4.69, 9.17) is 0 Å². The molecule has 0 aromatic heterocycles. The zero-order valence-corrected chi connectivity index (χ0v) is 9.40. The van der Waals surface area contributed by atoms with E-state index in [-0.39, 0.29) is 10.6 Å².